The van der Waals surface area contributed by atoms with Crippen molar-refractivity contribution >= 4 is 33.3 Å². The molecule has 0 bridgehead atoms. The van der Waals surface area contributed by atoms with E-state index in [1.54, 1.807) is 42.5 Å². The van der Waals surface area contributed by atoms with E-state index in [9.17, 15) is 18.0 Å². The minimum atomic E-state index is -3.67. The highest BCUT2D eigenvalue weighted by Gasteiger charge is 2.15. The molecule has 2 aromatic carbocycles. The number of nitrogens with one attached hydrogen (secondary N) is 4. The zero-order valence-electron chi connectivity index (χ0n) is 17.0. The Bertz CT molecular complexity index is 1020. The first-order chi connectivity index (χ1) is 14.2. The molecule has 4 N–H and O–H groups in total. The fourth-order valence-corrected chi connectivity index (χ4v) is 3.58. The lowest BCUT2D eigenvalue weighted by Crippen LogP contribution is -2.28. The molecule has 30 heavy (non-hydrogen) atoms. The predicted molar refractivity (Wildman–Crippen MR) is 118 cm³/mol. The fraction of sp³-hybridized carbons (Fsp3) is 0.238. The van der Waals surface area contributed by atoms with Gasteiger partial charge in [0.2, 0.25) is 15.9 Å². The molecule has 2 rings (SSSR count). The Morgan fingerprint density at radius 2 is 1.60 bits per heavy atom. The van der Waals surface area contributed by atoms with Gasteiger partial charge in [-0.1, -0.05) is 12.1 Å². The summed E-state index contributed by atoms with van der Waals surface area (Å²) >= 11 is 0. The van der Waals surface area contributed by atoms with Crippen LogP contribution in [0.15, 0.2) is 60.0 Å². The van der Waals surface area contributed by atoms with E-state index in [2.05, 4.69) is 27.3 Å². The zero-order chi connectivity index (χ0) is 22.1. The van der Waals surface area contributed by atoms with E-state index >= 15 is 0 Å². The lowest BCUT2D eigenvalue weighted by Gasteiger charge is -2.10. The lowest BCUT2D eigenvalue weighted by atomic mass is 10.1. The Morgan fingerprint density at radius 1 is 0.967 bits per heavy atom. The fourth-order valence-electron chi connectivity index (χ4n) is 2.46. The number of hydrogen-bond acceptors (Lipinski definition) is 4. The van der Waals surface area contributed by atoms with Crippen LogP contribution >= 0.6 is 0 Å². The molecular weight excluding hydrogens is 404 g/mol. The van der Waals surface area contributed by atoms with Crippen LogP contribution in [0.5, 0.6) is 0 Å². The summed E-state index contributed by atoms with van der Waals surface area (Å²) < 4.78 is 27.1. The summed E-state index contributed by atoms with van der Waals surface area (Å²) in [7, 11) is -3.67. The summed E-state index contributed by atoms with van der Waals surface area (Å²) in [6, 6.07) is 11.1. The maximum Gasteiger partial charge on any atom is 0.319 e. The lowest BCUT2D eigenvalue weighted by molar-refractivity contribution is -0.116. The third-order valence-corrected chi connectivity index (χ3v) is 5.73. The molecule has 0 unspecified atom stereocenters. The number of sulfonamides is 1. The van der Waals surface area contributed by atoms with E-state index in [1.807, 2.05) is 13.8 Å². The smallest absolute Gasteiger partial charge is 0.319 e. The van der Waals surface area contributed by atoms with Crippen molar-refractivity contribution in [2.75, 3.05) is 23.7 Å². The van der Waals surface area contributed by atoms with Crippen molar-refractivity contribution in [3.8, 4) is 0 Å². The van der Waals surface area contributed by atoms with Crippen LogP contribution in [-0.2, 0) is 14.8 Å². The van der Waals surface area contributed by atoms with Crippen LogP contribution in [0.25, 0.3) is 0 Å². The van der Waals surface area contributed by atoms with Gasteiger partial charge in [-0.3, -0.25) is 4.79 Å². The monoisotopic (exact) mass is 430 g/mol. The second-order valence-electron chi connectivity index (χ2n) is 6.64. The van der Waals surface area contributed by atoms with Crippen molar-refractivity contribution in [2.45, 2.75) is 25.2 Å². The summed E-state index contributed by atoms with van der Waals surface area (Å²) in [4.78, 5) is 23.8. The second-order valence-corrected chi connectivity index (χ2v) is 8.41. The van der Waals surface area contributed by atoms with Crippen LogP contribution in [0.2, 0.25) is 0 Å². The van der Waals surface area contributed by atoms with Crippen LogP contribution in [0.1, 0.15) is 17.5 Å². The van der Waals surface area contributed by atoms with E-state index in [1.165, 1.54) is 6.07 Å². The summed E-state index contributed by atoms with van der Waals surface area (Å²) in [5.41, 5.74) is 2.99. The number of aryl methyl sites for hydroxylation is 2. The molecule has 0 aromatic heterocycles. The molecule has 160 valence electrons. The highest BCUT2D eigenvalue weighted by Crippen LogP contribution is 2.15. The zero-order valence-corrected chi connectivity index (χ0v) is 17.8. The van der Waals surface area contributed by atoms with Gasteiger partial charge in [-0.2, -0.15) is 0 Å². The Hall–Kier alpha value is -3.17. The Labute approximate surface area is 176 Å². The average molecular weight is 431 g/mol. The summed E-state index contributed by atoms with van der Waals surface area (Å²) in [6.45, 7) is 7.60. The van der Waals surface area contributed by atoms with Gasteiger partial charge in [-0.25, -0.2) is 17.9 Å². The van der Waals surface area contributed by atoms with Gasteiger partial charge in [-0.05, 0) is 61.4 Å². The molecule has 0 saturated carbocycles. The minimum Gasteiger partial charge on any atom is -0.334 e. The molecule has 0 spiro atoms. The van der Waals surface area contributed by atoms with Crippen LogP contribution in [0.4, 0.5) is 16.2 Å². The van der Waals surface area contributed by atoms with Crippen LogP contribution in [0, 0.1) is 13.8 Å². The number of benzene rings is 2. The highest BCUT2D eigenvalue weighted by atomic mass is 32.2. The number of amides is 3. The molecule has 0 aliphatic rings. The van der Waals surface area contributed by atoms with Gasteiger partial charge in [0.15, 0.2) is 0 Å². The summed E-state index contributed by atoms with van der Waals surface area (Å²) in [6.07, 6.45) is 1.55. The van der Waals surface area contributed by atoms with Crippen molar-refractivity contribution in [1.82, 2.24) is 10.0 Å². The predicted octanol–water partition coefficient (Wildman–Crippen LogP) is 2.92. The SMILES string of the molecule is C=CCNC(=O)Nc1ccc(NC(=O)CCNS(=O)(=O)c2ccc(C)c(C)c2)cc1. The largest absolute Gasteiger partial charge is 0.334 e. The van der Waals surface area contributed by atoms with E-state index in [0.717, 1.165) is 11.1 Å². The van der Waals surface area contributed by atoms with Gasteiger partial charge in [0.05, 0.1) is 4.90 Å². The summed E-state index contributed by atoms with van der Waals surface area (Å²) in [5.74, 6) is -0.331. The maximum atomic E-state index is 12.3. The number of carbonyl (C=O) groups excluding carboxylic acids is 2. The average Bonchev–Trinajstić information content (AvgIpc) is 2.69. The molecule has 0 atom stereocenters. The van der Waals surface area contributed by atoms with Crippen molar-refractivity contribution < 1.29 is 18.0 Å². The molecular formula is C21H26N4O4S. The molecule has 8 nitrogen and oxygen atoms in total. The molecule has 9 heteroatoms. The number of rotatable bonds is 9. The van der Waals surface area contributed by atoms with Crippen LogP contribution in [0.3, 0.4) is 0 Å². The van der Waals surface area contributed by atoms with Crippen molar-refractivity contribution in [2.24, 2.45) is 0 Å². The molecule has 0 aliphatic heterocycles. The third-order valence-electron chi connectivity index (χ3n) is 4.27. The molecule has 3 amide bonds. The van der Waals surface area contributed by atoms with Gasteiger partial charge in [0, 0.05) is 30.9 Å². The van der Waals surface area contributed by atoms with E-state index in [-0.39, 0.29) is 29.8 Å². The second kappa shape index (κ2) is 10.6. The minimum absolute atomic E-state index is 0.0198. The number of carbonyl (C=O) groups is 2. The molecule has 0 heterocycles. The molecule has 0 radical (unpaired) electrons. The highest BCUT2D eigenvalue weighted by molar-refractivity contribution is 7.89. The first kappa shape index (κ1) is 23.1. The number of hydrogen-bond donors (Lipinski definition) is 4. The Kier molecular flexibility index (Phi) is 8.14. The van der Waals surface area contributed by atoms with Crippen molar-refractivity contribution in [3.63, 3.8) is 0 Å². The molecule has 0 saturated heterocycles. The molecule has 0 aliphatic carbocycles. The van der Waals surface area contributed by atoms with Crippen molar-refractivity contribution in [1.29, 1.82) is 0 Å². The van der Waals surface area contributed by atoms with Crippen LogP contribution < -0.4 is 20.7 Å². The van der Waals surface area contributed by atoms with E-state index in [4.69, 9.17) is 0 Å². The quantitative estimate of drug-likeness (QED) is 0.458. The standard InChI is InChI=1S/C21H26N4O4S/c1-4-12-22-21(27)25-18-8-6-17(7-9-18)24-20(26)11-13-23-30(28,29)19-10-5-15(2)16(3)14-19/h4-10,14,23H,1,11-13H2,2-3H3,(H,24,26)(H2,22,25,27). The number of urea groups is 1. The molecule has 0 fully saturated rings. The molecule has 2 aromatic rings. The topological polar surface area (TPSA) is 116 Å². The first-order valence-corrected chi connectivity index (χ1v) is 10.8. The first-order valence-electron chi connectivity index (χ1n) is 9.34. The normalized spacial score (nSPS) is 10.9. The van der Waals surface area contributed by atoms with E-state index < -0.39 is 10.0 Å². The third kappa shape index (κ3) is 7.02. The van der Waals surface area contributed by atoms with Crippen LogP contribution in [-0.4, -0.2) is 33.4 Å². The van der Waals surface area contributed by atoms with Gasteiger partial charge < -0.3 is 16.0 Å². The maximum absolute atomic E-state index is 12.3. The van der Waals surface area contributed by atoms with Gasteiger partial charge >= 0.3 is 6.03 Å². The number of anilines is 2. The van der Waals surface area contributed by atoms with Gasteiger partial charge in [0.25, 0.3) is 0 Å². The van der Waals surface area contributed by atoms with Crippen molar-refractivity contribution in [3.05, 3.63) is 66.2 Å². The van der Waals surface area contributed by atoms with E-state index in [0.29, 0.717) is 17.9 Å². The Morgan fingerprint density at radius 3 is 2.20 bits per heavy atom. The Balaban J connectivity index is 1.82. The van der Waals surface area contributed by atoms with Gasteiger partial charge in [0.1, 0.15) is 0 Å². The van der Waals surface area contributed by atoms with Gasteiger partial charge in [-0.15, -0.1) is 6.58 Å². The summed E-state index contributed by atoms with van der Waals surface area (Å²) in [5, 5.41) is 7.91.